The van der Waals surface area contributed by atoms with Crippen molar-refractivity contribution in [3.63, 3.8) is 0 Å². The fourth-order valence-corrected chi connectivity index (χ4v) is 2.42. The van der Waals surface area contributed by atoms with Crippen molar-refractivity contribution in [2.75, 3.05) is 17.7 Å². The largest absolute Gasteiger partial charge is 0.493 e. The van der Waals surface area contributed by atoms with E-state index in [4.69, 9.17) is 9.47 Å². The highest BCUT2D eigenvalue weighted by Gasteiger charge is 2.08. The van der Waals surface area contributed by atoms with Gasteiger partial charge in [0.1, 0.15) is 0 Å². The van der Waals surface area contributed by atoms with Crippen LogP contribution in [0.15, 0.2) is 48.5 Å². The van der Waals surface area contributed by atoms with Crippen LogP contribution in [-0.2, 0) is 9.59 Å². The molecular weight excluding hydrogens is 368 g/mol. The van der Waals surface area contributed by atoms with Gasteiger partial charge in [-0.3, -0.25) is 9.59 Å². The van der Waals surface area contributed by atoms with Crippen LogP contribution in [0.4, 0.5) is 11.4 Å². The van der Waals surface area contributed by atoms with Crippen LogP contribution < -0.4 is 20.1 Å². The van der Waals surface area contributed by atoms with Gasteiger partial charge >= 0.3 is 0 Å². The summed E-state index contributed by atoms with van der Waals surface area (Å²) in [5.74, 6) is 0.869. The summed E-state index contributed by atoms with van der Waals surface area (Å²) in [7, 11) is 1.58. The van der Waals surface area contributed by atoms with Crippen molar-refractivity contribution in [2.24, 2.45) is 5.92 Å². The summed E-state index contributed by atoms with van der Waals surface area (Å²) in [6, 6.07) is 12.5. The van der Waals surface area contributed by atoms with Gasteiger partial charge < -0.3 is 20.1 Å². The highest BCUT2D eigenvalue weighted by Crippen LogP contribution is 2.29. The number of nitrogens with one attached hydrogen (secondary N) is 2. The van der Waals surface area contributed by atoms with Crippen molar-refractivity contribution in [1.29, 1.82) is 0 Å². The van der Waals surface area contributed by atoms with Gasteiger partial charge in [-0.15, -0.1) is 0 Å². The minimum Gasteiger partial charge on any atom is -0.493 e. The molecule has 0 unspecified atom stereocenters. The van der Waals surface area contributed by atoms with Crippen LogP contribution in [0.25, 0.3) is 6.08 Å². The van der Waals surface area contributed by atoms with Crippen LogP contribution in [0.5, 0.6) is 11.5 Å². The maximum atomic E-state index is 12.2. The molecule has 154 valence electrons. The van der Waals surface area contributed by atoms with Crippen molar-refractivity contribution in [3.05, 3.63) is 54.1 Å². The number of ether oxygens (including phenoxy) is 2. The summed E-state index contributed by atoms with van der Waals surface area (Å²) in [5, 5.41) is 5.59. The number of hydrogen-bond donors (Lipinski definition) is 2. The van der Waals surface area contributed by atoms with E-state index in [9.17, 15) is 9.59 Å². The maximum absolute atomic E-state index is 12.2. The number of carbonyl (C=O) groups excluding carboxylic acids is 2. The molecule has 0 heterocycles. The number of hydrogen-bond acceptors (Lipinski definition) is 4. The quantitative estimate of drug-likeness (QED) is 0.633. The predicted octanol–water partition coefficient (Wildman–Crippen LogP) is 4.73. The average molecular weight is 396 g/mol. The summed E-state index contributed by atoms with van der Waals surface area (Å²) < 4.78 is 11.0. The molecule has 2 N–H and O–H groups in total. The molecule has 0 aliphatic carbocycles. The van der Waals surface area contributed by atoms with Crippen molar-refractivity contribution in [3.8, 4) is 11.5 Å². The molecule has 2 aromatic rings. The molecule has 6 heteroatoms. The number of rotatable bonds is 8. The second-order valence-electron chi connectivity index (χ2n) is 7.12. The molecule has 29 heavy (non-hydrogen) atoms. The molecule has 2 aromatic carbocycles. The second kappa shape index (κ2) is 10.3. The van der Waals surface area contributed by atoms with Gasteiger partial charge in [-0.1, -0.05) is 19.9 Å². The first kappa shape index (κ1) is 22.0. The highest BCUT2D eigenvalue weighted by atomic mass is 16.5. The summed E-state index contributed by atoms with van der Waals surface area (Å²) in [6.07, 6.45) is 3.20. The molecule has 0 atom stereocenters. The van der Waals surface area contributed by atoms with E-state index in [0.29, 0.717) is 22.9 Å². The first-order valence-electron chi connectivity index (χ1n) is 9.53. The van der Waals surface area contributed by atoms with E-state index in [0.717, 1.165) is 5.56 Å². The van der Waals surface area contributed by atoms with Crippen LogP contribution in [0.3, 0.4) is 0 Å². The van der Waals surface area contributed by atoms with E-state index in [1.807, 2.05) is 45.9 Å². The molecule has 0 fully saturated rings. The van der Waals surface area contributed by atoms with Gasteiger partial charge in [0.15, 0.2) is 11.5 Å². The fraction of sp³-hybridized carbons (Fsp3) is 0.304. The van der Waals surface area contributed by atoms with Gasteiger partial charge in [0, 0.05) is 23.4 Å². The monoisotopic (exact) mass is 396 g/mol. The summed E-state index contributed by atoms with van der Waals surface area (Å²) in [6.45, 7) is 7.55. The lowest BCUT2D eigenvalue weighted by Gasteiger charge is -2.13. The number of carbonyl (C=O) groups is 2. The van der Waals surface area contributed by atoms with E-state index in [1.165, 1.54) is 6.08 Å². The van der Waals surface area contributed by atoms with Gasteiger partial charge in [-0.25, -0.2) is 0 Å². The van der Waals surface area contributed by atoms with Crippen LogP contribution >= 0.6 is 0 Å². The molecule has 2 rings (SSSR count). The van der Waals surface area contributed by atoms with Crippen molar-refractivity contribution in [2.45, 2.75) is 33.8 Å². The van der Waals surface area contributed by atoms with Crippen LogP contribution in [0.1, 0.15) is 33.3 Å². The van der Waals surface area contributed by atoms with Gasteiger partial charge in [0.25, 0.3) is 0 Å². The molecule has 2 amide bonds. The Balaban J connectivity index is 1.98. The molecule has 0 saturated carbocycles. The van der Waals surface area contributed by atoms with E-state index >= 15 is 0 Å². The summed E-state index contributed by atoms with van der Waals surface area (Å²) in [5.41, 5.74) is 2.15. The smallest absolute Gasteiger partial charge is 0.248 e. The predicted molar refractivity (Wildman–Crippen MR) is 116 cm³/mol. The molecule has 0 radical (unpaired) electrons. The zero-order valence-corrected chi connectivity index (χ0v) is 17.5. The molecule has 0 aliphatic heterocycles. The van der Waals surface area contributed by atoms with E-state index < -0.39 is 0 Å². The molecular formula is C23H28N2O4. The number of methoxy groups -OCH3 is 1. The Labute approximate surface area is 171 Å². The molecule has 6 nitrogen and oxygen atoms in total. The third-order valence-electron chi connectivity index (χ3n) is 3.92. The Morgan fingerprint density at radius 3 is 2.07 bits per heavy atom. The maximum Gasteiger partial charge on any atom is 0.248 e. The Bertz CT molecular complexity index is 871. The van der Waals surface area contributed by atoms with E-state index in [1.54, 1.807) is 37.5 Å². The second-order valence-corrected chi connectivity index (χ2v) is 7.12. The number of anilines is 2. The summed E-state index contributed by atoms with van der Waals surface area (Å²) in [4.78, 5) is 23.9. The Morgan fingerprint density at radius 2 is 1.52 bits per heavy atom. The zero-order valence-electron chi connectivity index (χ0n) is 17.5. The topological polar surface area (TPSA) is 76.7 Å². The molecule has 0 spiro atoms. The van der Waals surface area contributed by atoms with Crippen molar-refractivity contribution < 1.29 is 19.1 Å². The minimum absolute atomic E-state index is 0.0427. The van der Waals surface area contributed by atoms with Gasteiger partial charge in [-0.2, -0.15) is 0 Å². The van der Waals surface area contributed by atoms with Crippen molar-refractivity contribution >= 4 is 29.3 Å². The minimum atomic E-state index is -0.259. The number of amides is 2. The SMILES string of the molecule is COc1cc(/C=C/C(=O)Nc2ccc(NC(=O)C(C)C)cc2)ccc1OC(C)C. The summed E-state index contributed by atoms with van der Waals surface area (Å²) >= 11 is 0. The van der Waals surface area contributed by atoms with E-state index in [2.05, 4.69) is 10.6 Å². The third-order valence-corrected chi connectivity index (χ3v) is 3.92. The lowest BCUT2D eigenvalue weighted by atomic mass is 10.2. The Morgan fingerprint density at radius 1 is 0.897 bits per heavy atom. The van der Waals surface area contributed by atoms with Crippen LogP contribution in [-0.4, -0.2) is 25.0 Å². The molecule has 0 aliphatic rings. The Hall–Kier alpha value is -3.28. The van der Waals surface area contributed by atoms with Crippen LogP contribution in [0.2, 0.25) is 0 Å². The average Bonchev–Trinajstić information content (AvgIpc) is 2.68. The molecule has 0 bridgehead atoms. The third kappa shape index (κ3) is 6.99. The number of benzene rings is 2. The first-order valence-corrected chi connectivity index (χ1v) is 9.53. The van der Waals surface area contributed by atoms with Gasteiger partial charge in [0.05, 0.1) is 13.2 Å². The van der Waals surface area contributed by atoms with Crippen LogP contribution in [0, 0.1) is 5.92 Å². The lowest BCUT2D eigenvalue weighted by Crippen LogP contribution is -2.17. The standard InChI is InChI=1S/C23H28N2O4/c1-15(2)23(27)25-19-10-8-18(9-11-19)24-22(26)13-7-17-6-12-20(29-16(3)4)21(14-17)28-5/h6-16H,1-5H3,(H,24,26)(H,25,27)/b13-7+. The fourth-order valence-electron chi connectivity index (χ4n) is 2.42. The van der Waals surface area contributed by atoms with Gasteiger partial charge in [-0.05, 0) is 61.9 Å². The normalized spacial score (nSPS) is 11.0. The zero-order chi connectivity index (χ0) is 21.4. The Kier molecular flexibility index (Phi) is 7.83. The highest BCUT2D eigenvalue weighted by molar-refractivity contribution is 6.02. The molecule has 0 aromatic heterocycles. The van der Waals surface area contributed by atoms with Gasteiger partial charge in [0.2, 0.25) is 11.8 Å². The van der Waals surface area contributed by atoms with E-state index in [-0.39, 0.29) is 23.8 Å². The first-order chi connectivity index (χ1) is 13.8. The van der Waals surface area contributed by atoms with Crippen molar-refractivity contribution in [1.82, 2.24) is 0 Å². The molecule has 0 saturated heterocycles. The lowest BCUT2D eigenvalue weighted by molar-refractivity contribution is -0.119.